The monoisotopic (exact) mass is 386 g/mol. The summed E-state index contributed by atoms with van der Waals surface area (Å²) in [5.74, 6) is 1.09. The van der Waals surface area contributed by atoms with Crippen molar-refractivity contribution < 1.29 is 9.21 Å². The number of benzene rings is 2. The number of nitrogens with one attached hydrogen (secondary N) is 1. The van der Waals surface area contributed by atoms with Gasteiger partial charge >= 0.3 is 0 Å². The number of nitrogens with zero attached hydrogens (tertiary/aromatic N) is 3. The van der Waals surface area contributed by atoms with Crippen molar-refractivity contribution in [2.45, 2.75) is 26.1 Å². The minimum atomic E-state index is -0.263. The Morgan fingerprint density at radius 1 is 1.10 bits per heavy atom. The van der Waals surface area contributed by atoms with Crippen molar-refractivity contribution in [3.8, 4) is 0 Å². The summed E-state index contributed by atoms with van der Waals surface area (Å²) in [6.07, 6.45) is 1.49. The second kappa shape index (κ2) is 7.22. The molecule has 0 saturated carbocycles. The summed E-state index contributed by atoms with van der Waals surface area (Å²) in [5.41, 5.74) is 4.03. The van der Waals surface area contributed by atoms with Gasteiger partial charge in [0.25, 0.3) is 5.91 Å². The summed E-state index contributed by atoms with van der Waals surface area (Å²) in [6.45, 7) is 4.93. The molecule has 1 N–H and O–H groups in total. The van der Waals surface area contributed by atoms with Gasteiger partial charge in [0.05, 0.1) is 23.8 Å². The van der Waals surface area contributed by atoms with E-state index in [0.717, 1.165) is 36.5 Å². The third kappa shape index (κ3) is 3.32. The molecule has 2 aromatic heterocycles. The van der Waals surface area contributed by atoms with Crippen LogP contribution in [0.3, 0.4) is 0 Å². The van der Waals surface area contributed by atoms with Gasteiger partial charge < -0.3 is 14.3 Å². The molecular formula is C23H22N4O2. The molecule has 6 heteroatoms. The molecular weight excluding hydrogens is 364 g/mol. The summed E-state index contributed by atoms with van der Waals surface area (Å²) >= 11 is 0. The molecule has 0 radical (unpaired) electrons. The van der Waals surface area contributed by atoms with E-state index >= 15 is 0 Å². The van der Waals surface area contributed by atoms with Crippen LogP contribution < -0.4 is 5.32 Å². The van der Waals surface area contributed by atoms with Gasteiger partial charge in [0, 0.05) is 24.8 Å². The number of imidazole rings is 1. The standard InChI is InChI=1S/C23H22N4O2/c1-16(17-6-3-2-4-7-17)26-11-12-27-20-10-9-18(14-19(20)25-22(27)15-26)24-23(28)21-8-5-13-29-21/h2-10,13-14,16H,11-12,15H2,1H3,(H,24,28)/t16-/m1/s1. The van der Waals surface area contributed by atoms with Crippen LogP contribution in [0, 0.1) is 0 Å². The molecule has 3 heterocycles. The van der Waals surface area contributed by atoms with Gasteiger partial charge in [-0.15, -0.1) is 0 Å². The first-order valence-corrected chi connectivity index (χ1v) is 9.82. The SMILES string of the molecule is C[C@H](c1ccccc1)N1CCn2c(nc3cc(NC(=O)c4ccco4)ccc32)C1. The van der Waals surface area contributed by atoms with Crippen molar-refractivity contribution in [1.82, 2.24) is 14.5 Å². The zero-order valence-corrected chi connectivity index (χ0v) is 16.2. The van der Waals surface area contributed by atoms with Crippen LogP contribution in [0.5, 0.6) is 0 Å². The van der Waals surface area contributed by atoms with Crippen LogP contribution in [0.1, 0.15) is 34.9 Å². The highest BCUT2D eigenvalue weighted by Crippen LogP contribution is 2.28. The van der Waals surface area contributed by atoms with E-state index < -0.39 is 0 Å². The average molecular weight is 386 g/mol. The summed E-state index contributed by atoms with van der Waals surface area (Å²) in [7, 11) is 0. The molecule has 1 aliphatic rings. The largest absolute Gasteiger partial charge is 0.459 e. The van der Waals surface area contributed by atoms with E-state index in [2.05, 4.69) is 46.0 Å². The molecule has 0 bridgehead atoms. The highest BCUT2D eigenvalue weighted by Gasteiger charge is 2.24. The molecule has 5 rings (SSSR count). The lowest BCUT2D eigenvalue weighted by Crippen LogP contribution is -2.35. The zero-order chi connectivity index (χ0) is 19.8. The molecule has 0 spiro atoms. The minimum Gasteiger partial charge on any atom is -0.459 e. The summed E-state index contributed by atoms with van der Waals surface area (Å²) < 4.78 is 7.43. The van der Waals surface area contributed by atoms with Crippen LogP contribution in [0.2, 0.25) is 0 Å². The molecule has 146 valence electrons. The number of fused-ring (bicyclic) bond motifs is 3. The maximum Gasteiger partial charge on any atom is 0.291 e. The van der Waals surface area contributed by atoms with Crippen molar-refractivity contribution in [2.75, 3.05) is 11.9 Å². The Morgan fingerprint density at radius 2 is 1.97 bits per heavy atom. The Morgan fingerprint density at radius 3 is 2.76 bits per heavy atom. The van der Waals surface area contributed by atoms with Crippen molar-refractivity contribution in [3.63, 3.8) is 0 Å². The predicted octanol–water partition coefficient (Wildman–Crippen LogP) is 4.46. The van der Waals surface area contributed by atoms with E-state index in [1.807, 2.05) is 24.3 Å². The first-order chi connectivity index (χ1) is 14.2. The highest BCUT2D eigenvalue weighted by molar-refractivity contribution is 6.03. The average Bonchev–Trinajstić information content (AvgIpc) is 3.41. The van der Waals surface area contributed by atoms with E-state index in [0.29, 0.717) is 17.5 Å². The molecule has 6 nitrogen and oxygen atoms in total. The predicted molar refractivity (Wildman–Crippen MR) is 112 cm³/mol. The Labute approximate surface area is 168 Å². The summed E-state index contributed by atoms with van der Waals surface area (Å²) in [4.78, 5) is 19.5. The van der Waals surface area contributed by atoms with Crippen LogP contribution in [-0.4, -0.2) is 26.9 Å². The zero-order valence-electron chi connectivity index (χ0n) is 16.2. The van der Waals surface area contributed by atoms with Gasteiger partial charge in [0.15, 0.2) is 5.76 Å². The molecule has 1 amide bonds. The number of furan rings is 1. The van der Waals surface area contributed by atoms with Gasteiger partial charge in [-0.3, -0.25) is 9.69 Å². The number of carbonyl (C=O) groups excluding carboxylic acids is 1. The first kappa shape index (κ1) is 17.7. The fourth-order valence-electron chi connectivity index (χ4n) is 3.99. The number of anilines is 1. The molecule has 0 saturated heterocycles. The number of hydrogen-bond acceptors (Lipinski definition) is 4. The van der Waals surface area contributed by atoms with Gasteiger partial charge in [-0.25, -0.2) is 4.98 Å². The van der Waals surface area contributed by atoms with E-state index in [9.17, 15) is 4.79 Å². The minimum absolute atomic E-state index is 0.263. The number of amides is 1. The van der Waals surface area contributed by atoms with Gasteiger partial charge in [-0.05, 0) is 42.8 Å². The molecule has 4 aromatic rings. The smallest absolute Gasteiger partial charge is 0.291 e. The van der Waals surface area contributed by atoms with Crippen LogP contribution in [0.4, 0.5) is 5.69 Å². The lowest BCUT2D eigenvalue weighted by Gasteiger charge is -2.33. The van der Waals surface area contributed by atoms with Crippen molar-refractivity contribution in [3.05, 3.63) is 84.1 Å². The van der Waals surface area contributed by atoms with Crippen molar-refractivity contribution in [1.29, 1.82) is 0 Å². The molecule has 1 atom stereocenters. The Bertz CT molecular complexity index is 1150. The van der Waals surface area contributed by atoms with Gasteiger partial charge in [0.2, 0.25) is 0 Å². The van der Waals surface area contributed by atoms with Gasteiger partial charge in [-0.1, -0.05) is 30.3 Å². The second-order valence-corrected chi connectivity index (χ2v) is 7.37. The van der Waals surface area contributed by atoms with Crippen molar-refractivity contribution >= 4 is 22.6 Å². The topological polar surface area (TPSA) is 63.3 Å². The molecule has 1 aliphatic heterocycles. The Kier molecular flexibility index (Phi) is 4.41. The number of hydrogen-bond donors (Lipinski definition) is 1. The molecule has 29 heavy (non-hydrogen) atoms. The highest BCUT2D eigenvalue weighted by atomic mass is 16.3. The second-order valence-electron chi connectivity index (χ2n) is 7.37. The number of carbonyl (C=O) groups is 1. The molecule has 0 aliphatic carbocycles. The number of aromatic nitrogens is 2. The summed E-state index contributed by atoms with van der Waals surface area (Å²) in [6, 6.07) is 20.1. The summed E-state index contributed by atoms with van der Waals surface area (Å²) in [5, 5.41) is 2.87. The van der Waals surface area contributed by atoms with Crippen LogP contribution in [0.25, 0.3) is 11.0 Å². The van der Waals surface area contributed by atoms with Crippen LogP contribution in [0.15, 0.2) is 71.3 Å². The van der Waals surface area contributed by atoms with Crippen molar-refractivity contribution in [2.24, 2.45) is 0 Å². The molecule has 0 unspecified atom stereocenters. The fraction of sp³-hybridized carbons (Fsp3) is 0.217. The van der Waals surface area contributed by atoms with Gasteiger partial charge in [0.1, 0.15) is 5.82 Å². The third-order valence-electron chi connectivity index (χ3n) is 5.62. The molecule has 2 aromatic carbocycles. The number of rotatable bonds is 4. The third-order valence-corrected chi connectivity index (χ3v) is 5.62. The van der Waals surface area contributed by atoms with Gasteiger partial charge in [-0.2, -0.15) is 0 Å². The van der Waals surface area contributed by atoms with Crippen LogP contribution >= 0.6 is 0 Å². The lowest BCUT2D eigenvalue weighted by molar-refractivity contribution is 0.0996. The first-order valence-electron chi connectivity index (χ1n) is 9.82. The van der Waals surface area contributed by atoms with E-state index in [1.165, 1.54) is 11.8 Å². The Hall–Kier alpha value is -3.38. The fourth-order valence-corrected chi connectivity index (χ4v) is 3.99. The maximum absolute atomic E-state index is 12.2. The van der Waals surface area contributed by atoms with E-state index in [1.54, 1.807) is 12.1 Å². The van der Waals surface area contributed by atoms with E-state index in [-0.39, 0.29) is 5.91 Å². The normalized spacial score (nSPS) is 15.2. The lowest BCUT2D eigenvalue weighted by atomic mass is 10.1. The quantitative estimate of drug-likeness (QED) is 0.562. The maximum atomic E-state index is 12.2. The van der Waals surface area contributed by atoms with E-state index in [4.69, 9.17) is 9.40 Å². The van der Waals surface area contributed by atoms with Crippen LogP contribution in [-0.2, 0) is 13.1 Å². The Balaban J connectivity index is 1.38. The molecule has 0 fully saturated rings.